The molecule has 1 aliphatic heterocycles. The minimum Gasteiger partial charge on any atom is -0.363 e. The summed E-state index contributed by atoms with van der Waals surface area (Å²) in [6, 6.07) is 4.85. The molecular formula is C19H28N4O3. The number of hydrogen-bond acceptors (Lipinski definition) is 5. The molecular weight excluding hydrogens is 332 g/mol. The first-order valence-electron chi connectivity index (χ1n) is 9.54. The summed E-state index contributed by atoms with van der Waals surface area (Å²) in [5.41, 5.74) is 0.984. The van der Waals surface area contributed by atoms with Gasteiger partial charge >= 0.3 is 0 Å². The molecule has 26 heavy (non-hydrogen) atoms. The minimum absolute atomic E-state index is 0.0138. The first-order valence-corrected chi connectivity index (χ1v) is 9.54. The first kappa shape index (κ1) is 18.6. The zero-order chi connectivity index (χ0) is 18.5. The highest BCUT2D eigenvalue weighted by Gasteiger charge is 2.24. The second-order valence-electron chi connectivity index (χ2n) is 7.46. The molecule has 1 heterocycles. The molecule has 1 aromatic carbocycles. The van der Waals surface area contributed by atoms with Gasteiger partial charge in [0, 0.05) is 44.4 Å². The summed E-state index contributed by atoms with van der Waals surface area (Å²) in [6.45, 7) is 3.92. The molecule has 7 heteroatoms. The Balaban J connectivity index is 1.69. The third-order valence-corrected chi connectivity index (χ3v) is 5.55. The van der Waals surface area contributed by atoms with Gasteiger partial charge < -0.3 is 15.1 Å². The lowest BCUT2D eigenvalue weighted by Crippen LogP contribution is -2.44. The lowest BCUT2D eigenvalue weighted by atomic mass is 9.89. The number of hydrogen-bond donors (Lipinski definition) is 1. The number of nitrogens with zero attached hydrogens (tertiary/aromatic N) is 3. The van der Waals surface area contributed by atoms with E-state index in [-0.39, 0.29) is 16.5 Å². The van der Waals surface area contributed by atoms with Crippen molar-refractivity contribution in [2.75, 3.05) is 44.7 Å². The molecule has 1 aromatic rings. The summed E-state index contributed by atoms with van der Waals surface area (Å²) in [7, 11) is 2.05. The number of likely N-dealkylation sites (N-methyl/N-ethyl adjacent to an activating group) is 1. The van der Waals surface area contributed by atoms with Gasteiger partial charge in [-0.15, -0.1) is 0 Å². The van der Waals surface area contributed by atoms with E-state index < -0.39 is 0 Å². The first-order chi connectivity index (χ1) is 12.5. The van der Waals surface area contributed by atoms with Crippen molar-refractivity contribution in [1.82, 2.24) is 10.2 Å². The Morgan fingerprint density at radius 2 is 1.88 bits per heavy atom. The summed E-state index contributed by atoms with van der Waals surface area (Å²) in [6.07, 6.45) is 6.05. The van der Waals surface area contributed by atoms with E-state index in [0.717, 1.165) is 39.0 Å². The number of carbonyl (C=O) groups is 1. The van der Waals surface area contributed by atoms with Crippen LogP contribution < -0.4 is 10.2 Å². The third kappa shape index (κ3) is 4.52. The van der Waals surface area contributed by atoms with Gasteiger partial charge in [-0.1, -0.05) is 19.3 Å². The summed E-state index contributed by atoms with van der Waals surface area (Å²) in [5.74, 6) is 0.316. The number of nitrogens with one attached hydrogen (secondary N) is 1. The SMILES string of the molecule is CN1CCN(c2ccc(C(=O)NCC3CCCCC3)cc2[N+](=O)[O-])CC1. The maximum atomic E-state index is 12.4. The van der Waals surface area contributed by atoms with Crippen molar-refractivity contribution < 1.29 is 9.72 Å². The van der Waals surface area contributed by atoms with E-state index in [1.165, 1.54) is 25.3 Å². The Morgan fingerprint density at radius 3 is 2.54 bits per heavy atom. The number of rotatable bonds is 5. The smallest absolute Gasteiger partial charge is 0.293 e. The maximum Gasteiger partial charge on any atom is 0.293 e. The van der Waals surface area contributed by atoms with Crippen molar-refractivity contribution in [3.8, 4) is 0 Å². The molecule has 1 aliphatic carbocycles. The number of anilines is 1. The predicted molar refractivity (Wildman–Crippen MR) is 102 cm³/mol. The van der Waals surface area contributed by atoms with Crippen molar-refractivity contribution in [2.45, 2.75) is 32.1 Å². The van der Waals surface area contributed by atoms with Crippen LogP contribution >= 0.6 is 0 Å². The lowest BCUT2D eigenvalue weighted by molar-refractivity contribution is -0.384. The van der Waals surface area contributed by atoms with Crippen LogP contribution in [-0.4, -0.2) is 55.5 Å². The van der Waals surface area contributed by atoms with Gasteiger partial charge in [-0.3, -0.25) is 14.9 Å². The molecule has 0 radical (unpaired) electrons. The second-order valence-corrected chi connectivity index (χ2v) is 7.46. The minimum atomic E-state index is -0.383. The Kier molecular flexibility index (Phi) is 6.08. The van der Waals surface area contributed by atoms with Crippen LogP contribution in [0.1, 0.15) is 42.5 Å². The molecule has 2 fully saturated rings. The van der Waals surface area contributed by atoms with Crippen molar-refractivity contribution in [3.63, 3.8) is 0 Å². The van der Waals surface area contributed by atoms with Crippen molar-refractivity contribution in [2.24, 2.45) is 5.92 Å². The molecule has 1 saturated heterocycles. The van der Waals surface area contributed by atoms with E-state index in [1.54, 1.807) is 12.1 Å². The highest BCUT2D eigenvalue weighted by molar-refractivity contribution is 5.95. The monoisotopic (exact) mass is 360 g/mol. The Hall–Kier alpha value is -2.15. The van der Waals surface area contributed by atoms with Gasteiger partial charge in [0.1, 0.15) is 5.69 Å². The van der Waals surface area contributed by atoms with E-state index in [4.69, 9.17) is 0 Å². The molecule has 1 saturated carbocycles. The maximum absolute atomic E-state index is 12.4. The molecule has 1 N–H and O–H groups in total. The summed E-state index contributed by atoms with van der Waals surface area (Å²) >= 11 is 0. The van der Waals surface area contributed by atoms with Gasteiger partial charge in [-0.25, -0.2) is 0 Å². The van der Waals surface area contributed by atoms with E-state index in [0.29, 0.717) is 23.7 Å². The topological polar surface area (TPSA) is 78.7 Å². The van der Waals surface area contributed by atoms with Crippen LogP contribution in [0.4, 0.5) is 11.4 Å². The normalized spacial score (nSPS) is 19.3. The third-order valence-electron chi connectivity index (χ3n) is 5.55. The van der Waals surface area contributed by atoms with Crippen LogP contribution in [0.25, 0.3) is 0 Å². The summed E-state index contributed by atoms with van der Waals surface area (Å²) < 4.78 is 0. The largest absolute Gasteiger partial charge is 0.363 e. The zero-order valence-corrected chi connectivity index (χ0v) is 15.4. The number of amides is 1. The highest BCUT2D eigenvalue weighted by Crippen LogP contribution is 2.30. The van der Waals surface area contributed by atoms with Gasteiger partial charge in [0.15, 0.2) is 0 Å². The van der Waals surface area contributed by atoms with Crippen LogP contribution in [0.5, 0.6) is 0 Å². The Morgan fingerprint density at radius 1 is 1.19 bits per heavy atom. The fourth-order valence-corrected chi connectivity index (χ4v) is 3.86. The van der Waals surface area contributed by atoms with Crippen LogP contribution in [0, 0.1) is 16.0 Å². The van der Waals surface area contributed by atoms with E-state index >= 15 is 0 Å². The van der Waals surface area contributed by atoms with Gasteiger partial charge in [0.05, 0.1) is 4.92 Å². The van der Waals surface area contributed by atoms with E-state index in [2.05, 4.69) is 10.2 Å². The average Bonchev–Trinajstić information content (AvgIpc) is 2.67. The zero-order valence-electron chi connectivity index (χ0n) is 15.4. The number of nitro benzene ring substituents is 1. The van der Waals surface area contributed by atoms with Crippen molar-refractivity contribution in [3.05, 3.63) is 33.9 Å². The van der Waals surface area contributed by atoms with Crippen LogP contribution in [0.3, 0.4) is 0 Å². The lowest BCUT2D eigenvalue weighted by Gasteiger charge is -2.33. The molecule has 0 aromatic heterocycles. The molecule has 142 valence electrons. The second kappa shape index (κ2) is 8.49. The highest BCUT2D eigenvalue weighted by atomic mass is 16.6. The Labute approximate surface area is 154 Å². The number of nitro groups is 1. The molecule has 0 bridgehead atoms. The molecule has 0 spiro atoms. The molecule has 0 unspecified atom stereocenters. The molecule has 7 nitrogen and oxygen atoms in total. The van der Waals surface area contributed by atoms with Crippen molar-refractivity contribution in [1.29, 1.82) is 0 Å². The summed E-state index contributed by atoms with van der Waals surface area (Å²) in [4.78, 5) is 27.8. The summed E-state index contributed by atoms with van der Waals surface area (Å²) in [5, 5.41) is 14.5. The molecule has 3 rings (SSSR count). The molecule has 2 aliphatic rings. The Bertz CT molecular complexity index is 650. The van der Waals surface area contributed by atoms with Crippen LogP contribution in [0.15, 0.2) is 18.2 Å². The van der Waals surface area contributed by atoms with E-state index in [1.807, 2.05) is 11.9 Å². The van der Waals surface area contributed by atoms with Crippen molar-refractivity contribution >= 4 is 17.3 Å². The number of carbonyl (C=O) groups excluding carboxylic acids is 1. The quantitative estimate of drug-likeness (QED) is 0.645. The number of piperazine rings is 1. The average molecular weight is 360 g/mol. The van der Waals surface area contributed by atoms with E-state index in [9.17, 15) is 14.9 Å². The number of benzene rings is 1. The van der Waals surface area contributed by atoms with Crippen LogP contribution in [0.2, 0.25) is 0 Å². The fourth-order valence-electron chi connectivity index (χ4n) is 3.86. The fraction of sp³-hybridized carbons (Fsp3) is 0.632. The predicted octanol–water partition coefficient (Wildman–Crippen LogP) is 2.66. The molecule has 1 amide bonds. The van der Waals surface area contributed by atoms with Gasteiger partial charge in [0.2, 0.25) is 0 Å². The van der Waals surface area contributed by atoms with Gasteiger partial charge in [-0.05, 0) is 37.9 Å². The standard InChI is InChI=1S/C19H28N4O3/c1-21-9-11-22(12-10-21)17-8-7-16(13-18(17)23(25)26)19(24)20-14-15-5-3-2-4-6-15/h7-8,13,15H,2-6,9-12,14H2,1H3,(H,20,24). The molecule has 0 atom stereocenters. The van der Waals surface area contributed by atoms with Gasteiger partial charge in [0.25, 0.3) is 11.6 Å². The van der Waals surface area contributed by atoms with Crippen LogP contribution in [-0.2, 0) is 0 Å². The van der Waals surface area contributed by atoms with Gasteiger partial charge in [-0.2, -0.15) is 0 Å².